The lowest BCUT2D eigenvalue weighted by Crippen LogP contribution is -2.47. The summed E-state index contributed by atoms with van der Waals surface area (Å²) < 4.78 is 5.52. The molecule has 174 valence electrons. The van der Waals surface area contributed by atoms with Crippen LogP contribution in [0.15, 0.2) is 41.8 Å². The lowest BCUT2D eigenvalue weighted by molar-refractivity contribution is -0.127. The molecule has 0 radical (unpaired) electrons. The van der Waals surface area contributed by atoms with Crippen LogP contribution in [0, 0.1) is 0 Å². The van der Waals surface area contributed by atoms with E-state index in [2.05, 4.69) is 24.4 Å². The Morgan fingerprint density at radius 1 is 1.12 bits per heavy atom. The van der Waals surface area contributed by atoms with E-state index < -0.39 is 6.04 Å². The van der Waals surface area contributed by atoms with E-state index in [1.807, 2.05) is 36.6 Å². The Bertz CT molecular complexity index is 829. The van der Waals surface area contributed by atoms with Gasteiger partial charge in [0.05, 0.1) is 4.88 Å². The highest BCUT2D eigenvalue weighted by molar-refractivity contribution is 7.12. The first-order valence-corrected chi connectivity index (χ1v) is 12.8. The first-order chi connectivity index (χ1) is 15.6. The van der Waals surface area contributed by atoms with Crippen molar-refractivity contribution < 1.29 is 14.3 Å². The van der Waals surface area contributed by atoms with Crippen LogP contribution in [0.5, 0.6) is 0 Å². The molecule has 0 aliphatic heterocycles. The van der Waals surface area contributed by atoms with Gasteiger partial charge in [-0.15, -0.1) is 11.3 Å². The van der Waals surface area contributed by atoms with E-state index in [1.54, 1.807) is 4.90 Å². The van der Waals surface area contributed by atoms with Gasteiger partial charge in [-0.1, -0.05) is 56.5 Å². The van der Waals surface area contributed by atoms with Crippen molar-refractivity contribution in [2.45, 2.75) is 70.9 Å². The number of ether oxygens (including phenoxy) is 1. The van der Waals surface area contributed by atoms with E-state index >= 15 is 0 Å². The van der Waals surface area contributed by atoms with E-state index in [0.29, 0.717) is 31.1 Å². The fourth-order valence-electron chi connectivity index (χ4n) is 4.31. The average molecular weight is 457 g/mol. The predicted octanol–water partition coefficient (Wildman–Crippen LogP) is 5.37. The van der Waals surface area contributed by atoms with Crippen molar-refractivity contribution in [1.29, 1.82) is 0 Å². The second-order valence-electron chi connectivity index (χ2n) is 8.37. The first kappa shape index (κ1) is 24.5. The van der Waals surface area contributed by atoms with Crippen LogP contribution < -0.4 is 5.32 Å². The molecule has 1 unspecified atom stereocenters. The number of nitrogens with one attached hydrogen (secondary N) is 1. The molecule has 1 heterocycles. The molecule has 0 bridgehead atoms. The summed E-state index contributed by atoms with van der Waals surface area (Å²) in [5.41, 5.74) is 2.07. The highest BCUT2D eigenvalue weighted by atomic mass is 32.1. The minimum absolute atomic E-state index is 0.0811. The van der Waals surface area contributed by atoms with Crippen molar-refractivity contribution in [1.82, 2.24) is 10.2 Å². The van der Waals surface area contributed by atoms with Gasteiger partial charge >= 0.3 is 0 Å². The summed E-state index contributed by atoms with van der Waals surface area (Å²) in [5, 5.41) is 5.17. The summed E-state index contributed by atoms with van der Waals surface area (Å²) in [5.74, 6) is -0.178. The number of carbonyl (C=O) groups excluding carboxylic acids is 2. The van der Waals surface area contributed by atoms with Gasteiger partial charge in [0.15, 0.2) is 0 Å². The Morgan fingerprint density at radius 2 is 1.88 bits per heavy atom. The fourth-order valence-corrected chi connectivity index (χ4v) is 4.99. The number of hydrogen-bond acceptors (Lipinski definition) is 4. The topological polar surface area (TPSA) is 58.6 Å². The zero-order chi connectivity index (χ0) is 22.8. The predicted molar refractivity (Wildman–Crippen MR) is 130 cm³/mol. The molecule has 1 saturated carbocycles. The summed E-state index contributed by atoms with van der Waals surface area (Å²) in [6.07, 6.45) is 7.16. The average Bonchev–Trinajstić information content (AvgIpc) is 3.36. The smallest absolute Gasteiger partial charge is 0.264 e. The molecule has 6 heteroatoms. The maximum absolute atomic E-state index is 13.6. The Morgan fingerprint density at radius 3 is 2.50 bits per heavy atom. The maximum Gasteiger partial charge on any atom is 0.264 e. The quantitative estimate of drug-likeness (QED) is 0.463. The van der Waals surface area contributed by atoms with Crippen molar-refractivity contribution in [3.63, 3.8) is 0 Å². The largest absolute Gasteiger partial charge is 0.382 e. The minimum Gasteiger partial charge on any atom is -0.382 e. The van der Waals surface area contributed by atoms with Gasteiger partial charge in [0.1, 0.15) is 6.04 Å². The van der Waals surface area contributed by atoms with Crippen LogP contribution in [0.25, 0.3) is 0 Å². The van der Waals surface area contributed by atoms with Crippen molar-refractivity contribution in [2.24, 2.45) is 0 Å². The summed E-state index contributed by atoms with van der Waals surface area (Å²) in [7, 11) is 0. The van der Waals surface area contributed by atoms with E-state index in [1.165, 1.54) is 23.3 Å². The summed E-state index contributed by atoms with van der Waals surface area (Å²) in [4.78, 5) is 29.6. The van der Waals surface area contributed by atoms with Gasteiger partial charge in [0, 0.05) is 25.8 Å². The van der Waals surface area contributed by atoms with Gasteiger partial charge < -0.3 is 15.0 Å². The summed E-state index contributed by atoms with van der Waals surface area (Å²) in [6, 6.07) is 11.4. The van der Waals surface area contributed by atoms with E-state index in [-0.39, 0.29) is 17.9 Å². The lowest BCUT2D eigenvalue weighted by atomic mass is 9.94. The van der Waals surface area contributed by atoms with Crippen molar-refractivity contribution >= 4 is 23.2 Å². The second-order valence-corrected chi connectivity index (χ2v) is 9.32. The SMILES string of the molecule is CCOCCCN(C(=O)c1cccs1)C(C(=O)NC1CCCCC1)c1ccc(CC)cc1. The molecule has 32 heavy (non-hydrogen) atoms. The number of hydrogen-bond donors (Lipinski definition) is 1. The molecule has 1 fully saturated rings. The second kappa shape index (κ2) is 12.8. The van der Waals surface area contributed by atoms with Gasteiger partial charge in [-0.2, -0.15) is 0 Å². The number of aryl methyl sites for hydroxylation is 1. The minimum atomic E-state index is -0.654. The van der Waals surface area contributed by atoms with Crippen LogP contribution in [-0.2, 0) is 16.0 Å². The zero-order valence-corrected chi connectivity index (χ0v) is 20.2. The van der Waals surface area contributed by atoms with Crippen molar-refractivity contribution in [3.8, 4) is 0 Å². The number of rotatable bonds is 11. The standard InChI is InChI=1S/C26H36N2O3S/c1-3-20-13-15-21(16-14-20)24(25(29)27-22-10-6-5-7-11-22)28(17-9-18-31-4-2)26(30)23-12-8-19-32-23/h8,12-16,19,22,24H,3-7,9-11,17-18H2,1-2H3,(H,27,29). The first-order valence-electron chi connectivity index (χ1n) is 12.0. The van der Waals surface area contributed by atoms with Gasteiger partial charge in [-0.05, 0) is 55.2 Å². The number of thiophene rings is 1. The van der Waals surface area contributed by atoms with E-state index in [9.17, 15) is 9.59 Å². The van der Waals surface area contributed by atoms with Gasteiger partial charge in [0.2, 0.25) is 5.91 Å². The number of carbonyl (C=O) groups is 2. The van der Waals surface area contributed by atoms with Gasteiger partial charge in [-0.25, -0.2) is 0 Å². The van der Waals surface area contributed by atoms with Crippen LogP contribution in [0.1, 0.15) is 79.2 Å². The molecular weight excluding hydrogens is 420 g/mol. The van der Waals surface area contributed by atoms with Crippen LogP contribution in [-0.4, -0.2) is 42.5 Å². The highest BCUT2D eigenvalue weighted by Gasteiger charge is 2.33. The van der Waals surface area contributed by atoms with Gasteiger partial charge in [0.25, 0.3) is 5.91 Å². The number of nitrogens with zero attached hydrogens (tertiary/aromatic N) is 1. The van der Waals surface area contributed by atoms with Crippen LogP contribution in [0.2, 0.25) is 0 Å². The van der Waals surface area contributed by atoms with E-state index in [4.69, 9.17) is 4.74 Å². The molecule has 3 rings (SSSR count). The molecule has 2 aromatic rings. The Kier molecular flexibility index (Phi) is 9.75. The molecule has 1 aliphatic rings. The molecule has 1 aromatic heterocycles. The lowest BCUT2D eigenvalue weighted by Gasteiger charge is -2.33. The van der Waals surface area contributed by atoms with Crippen molar-refractivity contribution in [3.05, 3.63) is 57.8 Å². The number of amides is 2. The monoisotopic (exact) mass is 456 g/mol. The Balaban J connectivity index is 1.90. The third kappa shape index (κ3) is 6.66. The van der Waals surface area contributed by atoms with Crippen LogP contribution >= 0.6 is 11.3 Å². The highest BCUT2D eigenvalue weighted by Crippen LogP contribution is 2.27. The fraction of sp³-hybridized carbons (Fsp3) is 0.538. The molecule has 1 aliphatic carbocycles. The zero-order valence-electron chi connectivity index (χ0n) is 19.3. The molecule has 2 amide bonds. The van der Waals surface area contributed by atoms with Gasteiger partial charge in [-0.3, -0.25) is 9.59 Å². The molecule has 1 N–H and O–H groups in total. The molecule has 5 nitrogen and oxygen atoms in total. The summed E-state index contributed by atoms with van der Waals surface area (Å²) >= 11 is 1.41. The third-order valence-electron chi connectivity index (χ3n) is 6.10. The van der Waals surface area contributed by atoms with Crippen LogP contribution in [0.3, 0.4) is 0 Å². The summed E-state index contributed by atoms with van der Waals surface area (Å²) in [6.45, 7) is 5.75. The maximum atomic E-state index is 13.6. The Hall–Kier alpha value is -2.18. The molecule has 1 atom stereocenters. The molecule has 0 saturated heterocycles. The molecule has 1 aromatic carbocycles. The van der Waals surface area contributed by atoms with E-state index in [0.717, 1.165) is 37.7 Å². The van der Waals surface area contributed by atoms with Crippen molar-refractivity contribution in [2.75, 3.05) is 19.8 Å². The number of benzene rings is 1. The normalized spacial score (nSPS) is 15.3. The third-order valence-corrected chi connectivity index (χ3v) is 6.96. The Labute approximate surface area is 196 Å². The van der Waals surface area contributed by atoms with Crippen LogP contribution in [0.4, 0.5) is 0 Å². The molecule has 0 spiro atoms. The molecular formula is C26H36N2O3S.